The van der Waals surface area contributed by atoms with E-state index in [1.807, 2.05) is 36.4 Å². The molecule has 0 aliphatic heterocycles. The van der Waals surface area contributed by atoms with Crippen LogP contribution in [0.5, 0.6) is 5.75 Å². The minimum atomic E-state index is -0.475. The molecule has 1 aromatic heterocycles. The fourth-order valence-electron chi connectivity index (χ4n) is 3.06. The van der Waals surface area contributed by atoms with Crippen molar-refractivity contribution in [1.82, 2.24) is 14.8 Å². The van der Waals surface area contributed by atoms with E-state index in [2.05, 4.69) is 15.5 Å². The van der Waals surface area contributed by atoms with Crippen molar-refractivity contribution in [2.75, 3.05) is 11.1 Å². The first kappa shape index (κ1) is 23.3. The van der Waals surface area contributed by atoms with Gasteiger partial charge in [-0.05, 0) is 42.5 Å². The van der Waals surface area contributed by atoms with Gasteiger partial charge in [0.2, 0.25) is 5.91 Å². The van der Waals surface area contributed by atoms with Crippen LogP contribution in [0.25, 0.3) is 5.69 Å². The maximum Gasteiger partial charge on any atom is 0.234 e. The highest BCUT2D eigenvalue weighted by Gasteiger charge is 2.17. The van der Waals surface area contributed by atoms with Crippen LogP contribution in [0.3, 0.4) is 0 Å². The zero-order valence-corrected chi connectivity index (χ0v) is 19.2. The number of para-hydroxylation sites is 2. The van der Waals surface area contributed by atoms with E-state index in [0.717, 1.165) is 17.4 Å². The molecule has 0 spiro atoms. The van der Waals surface area contributed by atoms with Crippen LogP contribution in [-0.2, 0) is 11.4 Å². The van der Waals surface area contributed by atoms with Crippen molar-refractivity contribution < 1.29 is 13.9 Å². The number of nitrogens with zero attached hydrogens (tertiary/aromatic N) is 4. The van der Waals surface area contributed by atoms with Gasteiger partial charge >= 0.3 is 0 Å². The molecule has 0 radical (unpaired) electrons. The largest absolute Gasteiger partial charge is 0.483 e. The highest BCUT2D eigenvalue weighted by molar-refractivity contribution is 7.99. The number of halogens is 2. The average molecular weight is 494 g/mol. The van der Waals surface area contributed by atoms with Crippen LogP contribution in [0.1, 0.15) is 11.4 Å². The van der Waals surface area contributed by atoms with Gasteiger partial charge in [-0.2, -0.15) is 5.26 Å². The summed E-state index contributed by atoms with van der Waals surface area (Å²) in [6, 6.07) is 22.1. The highest BCUT2D eigenvalue weighted by Crippen LogP contribution is 2.25. The second-order valence-corrected chi connectivity index (χ2v) is 8.31. The minimum absolute atomic E-state index is 0.0104. The van der Waals surface area contributed by atoms with Crippen molar-refractivity contribution >= 4 is 35.0 Å². The fraction of sp³-hybridized carbons (Fsp3) is 0.0833. The summed E-state index contributed by atoms with van der Waals surface area (Å²) >= 11 is 7.15. The van der Waals surface area contributed by atoms with Crippen molar-refractivity contribution in [3.63, 3.8) is 0 Å². The molecule has 0 bridgehead atoms. The molecular weight excluding hydrogens is 477 g/mol. The molecule has 4 rings (SSSR count). The van der Waals surface area contributed by atoms with Crippen molar-refractivity contribution in [2.45, 2.75) is 11.8 Å². The van der Waals surface area contributed by atoms with Crippen LogP contribution >= 0.6 is 23.4 Å². The molecule has 0 aliphatic carbocycles. The summed E-state index contributed by atoms with van der Waals surface area (Å²) in [5, 5.41) is 21.2. The molecule has 10 heteroatoms. The molecule has 0 saturated carbocycles. The Hall–Kier alpha value is -3.87. The topological polar surface area (TPSA) is 92.8 Å². The lowest BCUT2D eigenvalue weighted by molar-refractivity contribution is -0.113. The maximum atomic E-state index is 13.9. The number of carbonyl (C=O) groups excluding carboxylic acids is 1. The second kappa shape index (κ2) is 10.8. The van der Waals surface area contributed by atoms with Gasteiger partial charge in [-0.3, -0.25) is 9.36 Å². The van der Waals surface area contributed by atoms with Crippen LogP contribution in [0.15, 0.2) is 78.0 Å². The number of hydrogen-bond donors (Lipinski definition) is 1. The SMILES string of the molecule is N#Cc1ccc(Cl)cc1NC(=O)CSc1nnc(COc2ccccc2F)n1-c1ccccc1. The van der Waals surface area contributed by atoms with Crippen molar-refractivity contribution in [3.8, 4) is 17.5 Å². The summed E-state index contributed by atoms with van der Waals surface area (Å²) in [5.74, 6) is -0.253. The molecule has 7 nitrogen and oxygen atoms in total. The molecule has 1 N–H and O–H groups in total. The third kappa shape index (κ3) is 5.54. The summed E-state index contributed by atoms with van der Waals surface area (Å²) in [5.41, 5.74) is 1.41. The number of amides is 1. The lowest BCUT2D eigenvalue weighted by Gasteiger charge is -2.12. The van der Waals surface area contributed by atoms with E-state index in [0.29, 0.717) is 27.3 Å². The van der Waals surface area contributed by atoms with Gasteiger partial charge in [0.1, 0.15) is 12.7 Å². The Morgan fingerprint density at radius 2 is 1.88 bits per heavy atom. The lowest BCUT2D eigenvalue weighted by Crippen LogP contribution is -2.15. The standard InChI is InChI=1S/C24H17ClFN5O2S/c25-17-11-10-16(13-27)20(12-17)28-23(32)15-34-24-30-29-22(31(24)18-6-2-1-3-7-18)14-33-21-9-5-4-8-19(21)26/h1-12H,14-15H2,(H,28,32). The van der Waals surface area contributed by atoms with Crippen LogP contribution in [0.4, 0.5) is 10.1 Å². The molecule has 0 atom stereocenters. The third-order valence-electron chi connectivity index (χ3n) is 4.62. The Kier molecular flexibility index (Phi) is 7.42. The zero-order valence-electron chi connectivity index (χ0n) is 17.6. The van der Waals surface area contributed by atoms with Gasteiger partial charge in [-0.1, -0.05) is 53.7 Å². The van der Waals surface area contributed by atoms with Gasteiger partial charge in [-0.15, -0.1) is 10.2 Å². The van der Waals surface area contributed by atoms with Crippen LogP contribution in [0, 0.1) is 17.1 Å². The summed E-state index contributed by atoms with van der Waals surface area (Å²) < 4.78 is 21.3. The van der Waals surface area contributed by atoms with Gasteiger partial charge in [0.15, 0.2) is 22.5 Å². The van der Waals surface area contributed by atoms with E-state index in [1.54, 1.807) is 28.8 Å². The summed E-state index contributed by atoms with van der Waals surface area (Å²) in [6.07, 6.45) is 0. The molecule has 0 saturated heterocycles. The molecule has 1 amide bonds. The molecule has 0 fully saturated rings. The van der Waals surface area contributed by atoms with Crippen LogP contribution in [0.2, 0.25) is 5.02 Å². The van der Waals surface area contributed by atoms with Gasteiger partial charge in [0, 0.05) is 10.7 Å². The Balaban J connectivity index is 1.51. The first-order valence-corrected chi connectivity index (χ1v) is 11.4. The molecule has 0 aliphatic rings. The summed E-state index contributed by atoms with van der Waals surface area (Å²) in [7, 11) is 0. The quantitative estimate of drug-likeness (QED) is 0.337. The number of carbonyl (C=O) groups is 1. The van der Waals surface area contributed by atoms with E-state index in [1.165, 1.54) is 18.2 Å². The number of benzene rings is 3. The molecular formula is C24H17ClFN5O2S. The van der Waals surface area contributed by atoms with Gasteiger partial charge < -0.3 is 10.1 Å². The number of ether oxygens (including phenoxy) is 1. The van der Waals surface area contributed by atoms with E-state index >= 15 is 0 Å². The number of hydrogen-bond acceptors (Lipinski definition) is 6. The first-order valence-electron chi connectivity index (χ1n) is 10.0. The zero-order chi connectivity index (χ0) is 23.9. The fourth-order valence-corrected chi connectivity index (χ4v) is 4.00. The number of thioether (sulfide) groups is 1. The first-order chi connectivity index (χ1) is 16.5. The molecule has 34 heavy (non-hydrogen) atoms. The highest BCUT2D eigenvalue weighted by atomic mass is 35.5. The Morgan fingerprint density at radius 3 is 2.65 bits per heavy atom. The van der Waals surface area contributed by atoms with E-state index < -0.39 is 5.82 Å². The van der Waals surface area contributed by atoms with E-state index in [9.17, 15) is 14.4 Å². The van der Waals surface area contributed by atoms with Gasteiger partial charge in [0.25, 0.3) is 0 Å². The second-order valence-electron chi connectivity index (χ2n) is 6.93. The number of aromatic nitrogens is 3. The van der Waals surface area contributed by atoms with Crippen molar-refractivity contribution in [2.24, 2.45) is 0 Å². The van der Waals surface area contributed by atoms with Crippen molar-refractivity contribution in [1.29, 1.82) is 5.26 Å². The predicted molar refractivity (Wildman–Crippen MR) is 128 cm³/mol. The van der Waals surface area contributed by atoms with Gasteiger partial charge in [-0.25, -0.2) is 4.39 Å². The number of nitriles is 1. The molecule has 170 valence electrons. The third-order valence-corrected chi connectivity index (χ3v) is 5.78. The monoisotopic (exact) mass is 493 g/mol. The van der Waals surface area contributed by atoms with E-state index in [-0.39, 0.29) is 24.0 Å². The normalized spacial score (nSPS) is 10.5. The minimum Gasteiger partial charge on any atom is -0.483 e. The van der Waals surface area contributed by atoms with Crippen LogP contribution in [-0.4, -0.2) is 26.4 Å². The van der Waals surface area contributed by atoms with E-state index in [4.69, 9.17) is 16.3 Å². The Labute approximate surface area is 204 Å². The van der Waals surface area contributed by atoms with Crippen molar-refractivity contribution in [3.05, 3.63) is 95.0 Å². The number of rotatable bonds is 8. The molecule has 1 heterocycles. The van der Waals surface area contributed by atoms with Crippen LogP contribution < -0.4 is 10.1 Å². The molecule has 0 unspecified atom stereocenters. The number of nitrogens with one attached hydrogen (secondary N) is 1. The summed E-state index contributed by atoms with van der Waals surface area (Å²) in [4.78, 5) is 12.6. The molecule has 4 aromatic rings. The lowest BCUT2D eigenvalue weighted by atomic mass is 10.2. The molecule has 3 aromatic carbocycles. The van der Waals surface area contributed by atoms with Gasteiger partial charge in [0.05, 0.1) is 17.0 Å². The Bertz CT molecular complexity index is 1360. The summed E-state index contributed by atoms with van der Waals surface area (Å²) in [6.45, 7) is -0.0242. The predicted octanol–water partition coefficient (Wildman–Crippen LogP) is 5.24. The smallest absolute Gasteiger partial charge is 0.234 e. The maximum absolute atomic E-state index is 13.9. The average Bonchev–Trinajstić information content (AvgIpc) is 3.26. The Morgan fingerprint density at radius 1 is 1.12 bits per heavy atom. The number of anilines is 1.